The Morgan fingerprint density at radius 2 is 1.77 bits per heavy atom. The van der Waals surface area contributed by atoms with E-state index in [1.54, 1.807) is 57.2 Å². The fraction of sp³-hybridized carbons (Fsp3) is 0.316. The standard InChI is InChI=1S/C19H22BrNO4S/c1-19(2,3)26(23,24)13-14-5-4-6-16(11-14)21-18(22)12-25-17-9-7-15(20)8-10-17/h4-11H,12-13H2,1-3H3,(H,21,22). The number of hydrogen-bond donors (Lipinski definition) is 1. The van der Waals surface area contributed by atoms with Crippen molar-refractivity contribution >= 4 is 37.4 Å². The molecule has 0 bridgehead atoms. The van der Waals surface area contributed by atoms with E-state index in [0.717, 1.165) is 4.47 Å². The highest BCUT2D eigenvalue weighted by Gasteiger charge is 2.28. The fourth-order valence-corrected chi connectivity index (χ4v) is 3.37. The lowest BCUT2D eigenvalue weighted by molar-refractivity contribution is -0.118. The Morgan fingerprint density at radius 1 is 1.12 bits per heavy atom. The summed E-state index contributed by atoms with van der Waals surface area (Å²) in [5, 5.41) is 2.72. The van der Waals surface area contributed by atoms with Crippen LogP contribution in [-0.2, 0) is 20.4 Å². The topological polar surface area (TPSA) is 72.5 Å². The molecule has 0 aliphatic rings. The van der Waals surface area contributed by atoms with Crippen LogP contribution in [0.5, 0.6) is 5.75 Å². The maximum atomic E-state index is 12.3. The first-order valence-electron chi connectivity index (χ1n) is 8.06. The van der Waals surface area contributed by atoms with Gasteiger partial charge in [0.2, 0.25) is 0 Å². The zero-order chi connectivity index (χ0) is 19.4. The third kappa shape index (κ3) is 5.85. The van der Waals surface area contributed by atoms with Crippen LogP contribution in [0, 0.1) is 0 Å². The normalized spacial score (nSPS) is 11.8. The average Bonchev–Trinajstić information content (AvgIpc) is 2.53. The Morgan fingerprint density at radius 3 is 2.38 bits per heavy atom. The second-order valence-electron chi connectivity index (χ2n) is 6.86. The van der Waals surface area contributed by atoms with Gasteiger partial charge in [0.15, 0.2) is 16.4 Å². The molecule has 140 valence electrons. The van der Waals surface area contributed by atoms with E-state index in [1.807, 2.05) is 12.1 Å². The molecule has 5 nitrogen and oxygen atoms in total. The number of hydrogen-bond acceptors (Lipinski definition) is 4. The summed E-state index contributed by atoms with van der Waals surface area (Å²) in [5.74, 6) is 0.201. The van der Waals surface area contributed by atoms with E-state index < -0.39 is 14.6 Å². The van der Waals surface area contributed by atoms with Gasteiger partial charge < -0.3 is 10.1 Å². The zero-order valence-corrected chi connectivity index (χ0v) is 17.4. The molecule has 1 amide bonds. The number of carbonyl (C=O) groups excluding carboxylic acids is 1. The third-order valence-electron chi connectivity index (χ3n) is 3.68. The molecule has 0 saturated heterocycles. The highest BCUT2D eigenvalue weighted by atomic mass is 79.9. The number of anilines is 1. The predicted octanol–water partition coefficient (Wildman–Crippen LogP) is 4.18. The lowest BCUT2D eigenvalue weighted by Gasteiger charge is -2.19. The van der Waals surface area contributed by atoms with E-state index >= 15 is 0 Å². The van der Waals surface area contributed by atoms with Gasteiger partial charge in [-0.2, -0.15) is 0 Å². The smallest absolute Gasteiger partial charge is 0.262 e. The van der Waals surface area contributed by atoms with E-state index in [9.17, 15) is 13.2 Å². The van der Waals surface area contributed by atoms with Crippen molar-refractivity contribution in [1.29, 1.82) is 0 Å². The molecule has 2 rings (SSSR count). The highest BCUT2D eigenvalue weighted by Crippen LogP contribution is 2.22. The minimum absolute atomic E-state index is 0.0738. The second-order valence-corrected chi connectivity index (χ2v) is 10.5. The van der Waals surface area contributed by atoms with Gasteiger partial charge in [-0.05, 0) is 62.7 Å². The molecule has 2 aromatic carbocycles. The summed E-state index contributed by atoms with van der Waals surface area (Å²) in [4.78, 5) is 12.0. The van der Waals surface area contributed by atoms with Gasteiger partial charge in [-0.25, -0.2) is 8.42 Å². The summed E-state index contributed by atoms with van der Waals surface area (Å²) in [6.45, 7) is 4.89. The molecular weight excluding hydrogens is 418 g/mol. The molecule has 26 heavy (non-hydrogen) atoms. The van der Waals surface area contributed by atoms with Crippen molar-refractivity contribution in [3.05, 3.63) is 58.6 Å². The van der Waals surface area contributed by atoms with Gasteiger partial charge in [-0.3, -0.25) is 4.79 Å². The lowest BCUT2D eigenvalue weighted by atomic mass is 10.2. The van der Waals surface area contributed by atoms with E-state index in [0.29, 0.717) is 17.0 Å². The summed E-state index contributed by atoms with van der Waals surface area (Å²) < 4.78 is 30.2. The molecule has 0 heterocycles. The average molecular weight is 440 g/mol. The molecule has 2 aromatic rings. The molecular formula is C19H22BrNO4S. The molecule has 0 saturated carbocycles. The molecule has 0 aliphatic heterocycles. The Labute approximate surface area is 162 Å². The molecule has 7 heteroatoms. The molecule has 0 atom stereocenters. The molecule has 0 aliphatic carbocycles. The maximum absolute atomic E-state index is 12.3. The number of ether oxygens (including phenoxy) is 1. The van der Waals surface area contributed by atoms with Crippen LogP contribution >= 0.6 is 15.9 Å². The van der Waals surface area contributed by atoms with Crippen molar-refractivity contribution in [3.63, 3.8) is 0 Å². The van der Waals surface area contributed by atoms with Gasteiger partial charge >= 0.3 is 0 Å². The van der Waals surface area contributed by atoms with Gasteiger partial charge in [-0.1, -0.05) is 28.1 Å². The summed E-state index contributed by atoms with van der Waals surface area (Å²) >= 11 is 3.33. The Hall–Kier alpha value is -1.86. The van der Waals surface area contributed by atoms with E-state index in [4.69, 9.17) is 4.74 Å². The van der Waals surface area contributed by atoms with E-state index in [2.05, 4.69) is 21.2 Å². The van der Waals surface area contributed by atoms with Gasteiger partial charge in [0.1, 0.15) is 5.75 Å². The minimum atomic E-state index is -3.29. The fourth-order valence-electron chi connectivity index (χ4n) is 2.05. The minimum Gasteiger partial charge on any atom is -0.484 e. The van der Waals surface area contributed by atoms with Crippen LogP contribution in [0.4, 0.5) is 5.69 Å². The molecule has 0 spiro atoms. The lowest BCUT2D eigenvalue weighted by Crippen LogP contribution is -2.29. The first-order valence-corrected chi connectivity index (χ1v) is 10.5. The van der Waals surface area contributed by atoms with Gasteiger partial charge in [0, 0.05) is 10.2 Å². The van der Waals surface area contributed by atoms with E-state index in [1.165, 1.54) is 0 Å². The van der Waals surface area contributed by atoms with Crippen molar-refractivity contribution in [2.75, 3.05) is 11.9 Å². The molecule has 0 unspecified atom stereocenters. The van der Waals surface area contributed by atoms with Crippen molar-refractivity contribution in [2.45, 2.75) is 31.3 Å². The molecule has 0 aromatic heterocycles. The Balaban J connectivity index is 1.97. The third-order valence-corrected chi connectivity index (χ3v) is 6.79. The number of sulfone groups is 1. The number of amides is 1. The number of rotatable bonds is 6. The van der Waals surface area contributed by atoms with Crippen LogP contribution in [0.25, 0.3) is 0 Å². The summed E-state index contributed by atoms with van der Waals surface area (Å²) in [7, 11) is -3.29. The van der Waals surface area contributed by atoms with Crippen LogP contribution in [0.15, 0.2) is 53.0 Å². The van der Waals surface area contributed by atoms with Crippen LogP contribution in [0.1, 0.15) is 26.3 Å². The summed E-state index contributed by atoms with van der Waals surface area (Å²) in [5.41, 5.74) is 1.17. The molecule has 0 fully saturated rings. The summed E-state index contributed by atoms with van der Waals surface area (Å²) in [6.07, 6.45) is 0. The van der Waals surface area contributed by atoms with Crippen LogP contribution in [-0.4, -0.2) is 25.7 Å². The Bertz CT molecular complexity index is 871. The van der Waals surface area contributed by atoms with Crippen molar-refractivity contribution in [1.82, 2.24) is 0 Å². The quantitative estimate of drug-likeness (QED) is 0.732. The first-order chi connectivity index (χ1) is 12.1. The Kier molecular flexibility index (Phi) is 6.47. The van der Waals surface area contributed by atoms with E-state index in [-0.39, 0.29) is 18.3 Å². The van der Waals surface area contributed by atoms with Crippen LogP contribution < -0.4 is 10.1 Å². The second kappa shape index (κ2) is 8.22. The van der Waals surface area contributed by atoms with Crippen molar-refractivity contribution in [3.8, 4) is 5.75 Å². The zero-order valence-electron chi connectivity index (χ0n) is 15.0. The highest BCUT2D eigenvalue weighted by molar-refractivity contribution is 9.10. The first kappa shape index (κ1) is 20.5. The predicted molar refractivity (Wildman–Crippen MR) is 107 cm³/mol. The number of halogens is 1. The summed E-state index contributed by atoms with van der Waals surface area (Å²) in [6, 6.07) is 14.0. The SMILES string of the molecule is CC(C)(C)S(=O)(=O)Cc1cccc(NC(=O)COc2ccc(Br)cc2)c1. The van der Waals surface area contributed by atoms with Crippen LogP contribution in [0.3, 0.4) is 0 Å². The van der Waals surface area contributed by atoms with Gasteiger partial charge in [0.25, 0.3) is 5.91 Å². The molecule has 1 N–H and O–H groups in total. The molecule has 0 radical (unpaired) electrons. The maximum Gasteiger partial charge on any atom is 0.262 e. The largest absolute Gasteiger partial charge is 0.484 e. The van der Waals surface area contributed by atoms with Gasteiger partial charge in [-0.15, -0.1) is 0 Å². The van der Waals surface area contributed by atoms with Gasteiger partial charge in [0.05, 0.1) is 10.5 Å². The number of benzene rings is 2. The van der Waals surface area contributed by atoms with Crippen molar-refractivity contribution < 1.29 is 17.9 Å². The monoisotopic (exact) mass is 439 g/mol. The number of nitrogens with one attached hydrogen (secondary N) is 1. The van der Waals surface area contributed by atoms with Crippen LogP contribution in [0.2, 0.25) is 0 Å². The van der Waals surface area contributed by atoms with Crippen molar-refractivity contribution in [2.24, 2.45) is 0 Å². The number of carbonyl (C=O) groups is 1.